The van der Waals surface area contributed by atoms with E-state index in [2.05, 4.69) is 30.6 Å². The number of nitrogens with zero attached hydrogens (tertiary/aromatic N) is 2. The molecule has 0 spiro atoms. The molecule has 2 N–H and O–H groups in total. The van der Waals surface area contributed by atoms with E-state index in [4.69, 9.17) is 5.73 Å². The van der Waals surface area contributed by atoms with Crippen LogP contribution in [-0.2, 0) is 0 Å². The van der Waals surface area contributed by atoms with Crippen LogP contribution in [0.5, 0.6) is 0 Å². The van der Waals surface area contributed by atoms with E-state index in [1.807, 2.05) is 0 Å². The zero-order valence-electron chi connectivity index (χ0n) is 12.0. The van der Waals surface area contributed by atoms with Crippen molar-refractivity contribution in [1.29, 1.82) is 0 Å². The molecule has 0 aromatic rings. The Morgan fingerprint density at radius 3 is 2.12 bits per heavy atom. The van der Waals surface area contributed by atoms with Crippen LogP contribution in [-0.4, -0.2) is 55.6 Å². The average molecular weight is 241 g/mol. The van der Waals surface area contributed by atoms with Gasteiger partial charge in [0.05, 0.1) is 0 Å². The molecular weight excluding hydrogens is 210 g/mol. The molecule has 102 valence electrons. The van der Waals surface area contributed by atoms with Gasteiger partial charge < -0.3 is 15.5 Å². The van der Waals surface area contributed by atoms with Gasteiger partial charge in [-0.1, -0.05) is 20.8 Å². The summed E-state index contributed by atoms with van der Waals surface area (Å²) in [6.45, 7) is 15.1. The smallest absolute Gasteiger partial charge is 0.0110 e. The lowest BCUT2D eigenvalue weighted by Crippen LogP contribution is -2.48. The second kappa shape index (κ2) is 8.06. The van der Waals surface area contributed by atoms with Gasteiger partial charge in [0.1, 0.15) is 0 Å². The van der Waals surface area contributed by atoms with Crippen LogP contribution >= 0.6 is 0 Å². The van der Waals surface area contributed by atoms with Crippen molar-refractivity contribution in [2.75, 3.05) is 45.8 Å². The lowest BCUT2D eigenvalue weighted by molar-refractivity contribution is 0.115. The Labute approximate surface area is 107 Å². The maximum Gasteiger partial charge on any atom is 0.0110 e. The van der Waals surface area contributed by atoms with Crippen molar-refractivity contribution < 1.29 is 0 Å². The monoisotopic (exact) mass is 241 g/mol. The Morgan fingerprint density at radius 1 is 1.06 bits per heavy atom. The van der Waals surface area contributed by atoms with Crippen molar-refractivity contribution in [2.45, 2.75) is 33.6 Å². The molecule has 0 aromatic heterocycles. The van der Waals surface area contributed by atoms with Gasteiger partial charge in [-0.15, -0.1) is 0 Å². The van der Waals surface area contributed by atoms with Crippen LogP contribution in [0.25, 0.3) is 0 Å². The fourth-order valence-corrected chi connectivity index (χ4v) is 2.79. The van der Waals surface area contributed by atoms with Gasteiger partial charge in [-0.2, -0.15) is 0 Å². The molecule has 1 rings (SSSR count). The minimum atomic E-state index is 0.688. The van der Waals surface area contributed by atoms with Crippen LogP contribution in [0.3, 0.4) is 0 Å². The van der Waals surface area contributed by atoms with E-state index in [1.54, 1.807) is 0 Å². The minimum Gasteiger partial charge on any atom is -0.330 e. The zero-order chi connectivity index (χ0) is 12.7. The van der Waals surface area contributed by atoms with E-state index < -0.39 is 0 Å². The van der Waals surface area contributed by atoms with Crippen molar-refractivity contribution in [3.05, 3.63) is 0 Å². The molecule has 0 bridgehead atoms. The van der Waals surface area contributed by atoms with E-state index in [0.717, 1.165) is 12.5 Å². The topological polar surface area (TPSA) is 32.5 Å². The first kappa shape index (κ1) is 14.9. The Morgan fingerprint density at radius 2 is 1.65 bits per heavy atom. The van der Waals surface area contributed by atoms with Gasteiger partial charge in [-0.3, -0.25) is 0 Å². The summed E-state index contributed by atoms with van der Waals surface area (Å²) < 4.78 is 0. The molecule has 0 amide bonds. The minimum absolute atomic E-state index is 0.688. The largest absolute Gasteiger partial charge is 0.330 e. The lowest BCUT2D eigenvalue weighted by Gasteiger charge is -2.36. The predicted molar refractivity (Wildman–Crippen MR) is 75.2 cm³/mol. The lowest BCUT2D eigenvalue weighted by atomic mass is 9.96. The van der Waals surface area contributed by atoms with Gasteiger partial charge in [0.25, 0.3) is 0 Å². The molecule has 1 fully saturated rings. The molecule has 1 aliphatic heterocycles. The molecular formula is C14H31N3. The molecule has 0 saturated carbocycles. The maximum absolute atomic E-state index is 5.88. The Hall–Kier alpha value is -0.120. The number of rotatable bonds is 7. The predicted octanol–water partition coefficient (Wildman–Crippen LogP) is 1.64. The highest BCUT2D eigenvalue weighted by Gasteiger charge is 2.19. The van der Waals surface area contributed by atoms with Gasteiger partial charge >= 0.3 is 0 Å². The SMILES string of the molecule is CCCN1CCN(CC(CN)CC(C)C)CC1. The first-order valence-corrected chi connectivity index (χ1v) is 7.30. The normalized spacial score (nSPS) is 21.0. The molecule has 1 heterocycles. The highest BCUT2D eigenvalue weighted by atomic mass is 15.3. The van der Waals surface area contributed by atoms with Crippen molar-refractivity contribution >= 4 is 0 Å². The van der Waals surface area contributed by atoms with Crippen molar-refractivity contribution in [2.24, 2.45) is 17.6 Å². The van der Waals surface area contributed by atoms with E-state index in [0.29, 0.717) is 5.92 Å². The fraction of sp³-hybridized carbons (Fsp3) is 1.00. The van der Waals surface area contributed by atoms with Gasteiger partial charge in [0.15, 0.2) is 0 Å². The second-order valence-corrected chi connectivity index (χ2v) is 5.87. The number of hydrogen-bond acceptors (Lipinski definition) is 3. The molecule has 1 saturated heterocycles. The second-order valence-electron chi connectivity index (χ2n) is 5.87. The summed E-state index contributed by atoms with van der Waals surface area (Å²) in [4.78, 5) is 5.18. The van der Waals surface area contributed by atoms with Crippen LogP contribution < -0.4 is 5.73 Å². The van der Waals surface area contributed by atoms with Gasteiger partial charge in [-0.25, -0.2) is 0 Å². The first-order valence-electron chi connectivity index (χ1n) is 7.30. The van der Waals surface area contributed by atoms with Crippen LogP contribution in [0, 0.1) is 11.8 Å². The Balaban J connectivity index is 2.23. The van der Waals surface area contributed by atoms with Gasteiger partial charge in [-0.05, 0) is 37.8 Å². The number of piperazine rings is 1. The highest BCUT2D eigenvalue weighted by Crippen LogP contribution is 2.13. The summed E-state index contributed by atoms with van der Waals surface area (Å²) in [6.07, 6.45) is 2.55. The summed E-state index contributed by atoms with van der Waals surface area (Å²) in [6, 6.07) is 0. The molecule has 0 radical (unpaired) electrons. The van der Waals surface area contributed by atoms with Crippen molar-refractivity contribution in [3.8, 4) is 0 Å². The molecule has 0 aromatic carbocycles. The van der Waals surface area contributed by atoms with Crippen LogP contribution in [0.2, 0.25) is 0 Å². The molecule has 0 aliphatic carbocycles. The van der Waals surface area contributed by atoms with Crippen molar-refractivity contribution in [1.82, 2.24) is 9.80 Å². The standard InChI is InChI=1S/C14H31N3/c1-4-5-16-6-8-17(9-7-16)12-14(11-15)10-13(2)3/h13-14H,4-12,15H2,1-3H3. The van der Waals surface area contributed by atoms with Crippen LogP contribution in [0.4, 0.5) is 0 Å². The molecule has 3 nitrogen and oxygen atoms in total. The molecule has 3 heteroatoms. The van der Waals surface area contributed by atoms with E-state index in [-0.39, 0.29) is 0 Å². The molecule has 1 atom stereocenters. The molecule has 1 aliphatic rings. The van der Waals surface area contributed by atoms with E-state index in [9.17, 15) is 0 Å². The van der Waals surface area contributed by atoms with E-state index in [1.165, 1.54) is 52.1 Å². The third kappa shape index (κ3) is 5.84. The molecule has 17 heavy (non-hydrogen) atoms. The summed E-state index contributed by atoms with van der Waals surface area (Å²) in [5.41, 5.74) is 5.88. The zero-order valence-corrected chi connectivity index (χ0v) is 12.0. The Kier molecular flexibility index (Phi) is 7.09. The van der Waals surface area contributed by atoms with Crippen molar-refractivity contribution in [3.63, 3.8) is 0 Å². The van der Waals surface area contributed by atoms with Crippen LogP contribution in [0.1, 0.15) is 33.6 Å². The van der Waals surface area contributed by atoms with Gasteiger partial charge in [0, 0.05) is 32.7 Å². The third-order valence-electron chi connectivity index (χ3n) is 3.66. The third-order valence-corrected chi connectivity index (χ3v) is 3.66. The summed E-state index contributed by atoms with van der Waals surface area (Å²) in [5.74, 6) is 1.46. The number of nitrogens with two attached hydrogens (primary N) is 1. The summed E-state index contributed by atoms with van der Waals surface area (Å²) >= 11 is 0. The summed E-state index contributed by atoms with van der Waals surface area (Å²) in [7, 11) is 0. The molecule has 1 unspecified atom stereocenters. The maximum atomic E-state index is 5.88. The Bertz CT molecular complexity index is 186. The average Bonchev–Trinajstić information content (AvgIpc) is 2.30. The fourth-order valence-electron chi connectivity index (χ4n) is 2.79. The van der Waals surface area contributed by atoms with E-state index >= 15 is 0 Å². The quantitative estimate of drug-likeness (QED) is 0.735. The number of hydrogen-bond donors (Lipinski definition) is 1. The summed E-state index contributed by atoms with van der Waals surface area (Å²) in [5, 5.41) is 0. The van der Waals surface area contributed by atoms with Crippen LogP contribution in [0.15, 0.2) is 0 Å². The highest BCUT2D eigenvalue weighted by molar-refractivity contribution is 4.75. The van der Waals surface area contributed by atoms with Gasteiger partial charge in [0.2, 0.25) is 0 Å². The first-order chi connectivity index (χ1) is 8.15.